The maximum atomic E-state index is 15.7. The number of benzene rings is 1. The van der Waals surface area contributed by atoms with E-state index < -0.39 is 55.8 Å². The molecular weight excluding hydrogens is 526 g/mol. The number of halogens is 1. The molecule has 200 valence electrons. The van der Waals surface area contributed by atoms with E-state index in [1.807, 2.05) is 5.92 Å². The number of nitrogens with zero attached hydrogens (tertiary/aromatic N) is 1. The second kappa shape index (κ2) is 11.7. The minimum Gasteiger partial charge on any atom is -0.463 e. The first-order valence-electron chi connectivity index (χ1n) is 11.4. The standard InChI is InChI=1S/C24H28FN2O8PS/c1-5-24(25)20(29)18(34-22(24)27-12-11-19(28)26-23(27)37)13-32-36(31,35-17-9-7-6-8-10-17)14-16(4)21(30)33-15(2)3/h1,6-12,15-16,18,20,22,29H,13-14H2,2-4H3,(H,26,28,37)/t16-,18-,20+,22-,24?,36?/m1/s1. The Bertz CT molecular complexity index is 1310. The van der Waals surface area contributed by atoms with Crippen molar-refractivity contribution >= 4 is 25.8 Å². The molecule has 37 heavy (non-hydrogen) atoms. The molecule has 0 bridgehead atoms. The van der Waals surface area contributed by atoms with Gasteiger partial charge in [-0.1, -0.05) is 31.0 Å². The smallest absolute Gasteiger partial charge is 0.380 e. The number of nitrogens with one attached hydrogen (secondary N) is 1. The van der Waals surface area contributed by atoms with Gasteiger partial charge >= 0.3 is 13.6 Å². The summed E-state index contributed by atoms with van der Waals surface area (Å²) in [5.41, 5.74) is -3.28. The van der Waals surface area contributed by atoms with Crippen LogP contribution in [0.5, 0.6) is 5.75 Å². The van der Waals surface area contributed by atoms with E-state index in [1.165, 1.54) is 13.1 Å². The van der Waals surface area contributed by atoms with Gasteiger partial charge < -0.3 is 19.1 Å². The van der Waals surface area contributed by atoms with Crippen LogP contribution in [-0.4, -0.2) is 57.4 Å². The topological polar surface area (TPSA) is 129 Å². The van der Waals surface area contributed by atoms with Crippen molar-refractivity contribution in [3.63, 3.8) is 0 Å². The first kappa shape index (κ1) is 28.8. The highest BCUT2D eigenvalue weighted by atomic mass is 32.1. The van der Waals surface area contributed by atoms with Crippen molar-refractivity contribution < 1.29 is 37.4 Å². The van der Waals surface area contributed by atoms with Gasteiger partial charge in [-0.15, -0.1) is 6.42 Å². The number of ether oxygens (including phenoxy) is 2. The first-order chi connectivity index (χ1) is 17.4. The zero-order valence-electron chi connectivity index (χ0n) is 20.4. The van der Waals surface area contributed by atoms with Crippen LogP contribution in [0, 0.1) is 23.0 Å². The maximum absolute atomic E-state index is 15.7. The van der Waals surface area contributed by atoms with Gasteiger partial charge in [0.2, 0.25) is 5.67 Å². The third kappa shape index (κ3) is 6.74. The molecule has 13 heteroatoms. The Kier molecular flexibility index (Phi) is 9.10. The number of para-hydroxylation sites is 1. The van der Waals surface area contributed by atoms with Crippen LogP contribution in [0.3, 0.4) is 0 Å². The number of carbonyl (C=O) groups is 1. The first-order valence-corrected chi connectivity index (χ1v) is 13.5. The summed E-state index contributed by atoms with van der Waals surface area (Å²) in [6.45, 7) is 4.27. The minimum atomic E-state index is -4.07. The number of hydrogen-bond acceptors (Lipinski definition) is 9. The van der Waals surface area contributed by atoms with Crippen LogP contribution < -0.4 is 10.1 Å². The fourth-order valence-corrected chi connectivity index (χ4v) is 5.75. The summed E-state index contributed by atoms with van der Waals surface area (Å²) in [6.07, 6.45) is 0.909. The zero-order valence-corrected chi connectivity index (χ0v) is 22.1. The SMILES string of the molecule is C#CC1(F)[C@@H](O)[C@@H](COP(=O)(C[C@@H](C)C(=O)OC(C)C)Oc2ccccc2)O[C@H]1n1ccc(=O)[nH]c1=S. The van der Waals surface area contributed by atoms with Crippen LogP contribution in [0.4, 0.5) is 4.39 Å². The monoisotopic (exact) mass is 554 g/mol. The number of rotatable bonds is 10. The highest BCUT2D eigenvalue weighted by Crippen LogP contribution is 2.51. The Balaban J connectivity index is 1.84. The van der Waals surface area contributed by atoms with E-state index in [1.54, 1.807) is 44.2 Å². The van der Waals surface area contributed by atoms with E-state index in [2.05, 4.69) is 4.98 Å². The molecule has 2 unspecified atom stereocenters. The molecule has 1 saturated heterocycles. The molecule has 0 amide bonds. The van der Waals surface area contributed by atoms with Gasteiger partial charge in [0.25, 0.3) is 5.56 Å². The van der Waals surface area contributed by atoms with Crippen LogP contribution >= 0.6 is 19.8 Å². The van der Waals surface area contributed by atoms with Gasteiger partial charge in [-0.3, -0.25) is 23.7 Å². The predicted molar refractivity (Wildman–Crippen MR) is 134 cm³/mol. The average molecular weight is 555 g/mol. The number of terminal acetylenes is 1. The van der Waals surface area contributed by atoms with Gasteiger partial charge in [-0.2, -0.15) is 0 Å². The van der Waals surface area contributed by atoms with Gasteiger partial charge in [0, 0.05) is 12.3 Å². The molecule has 3 rings (SSSR count). The van der Waals surface area contributed by atoms with E-state index in [4.69, 9.17) is 37.2 Å². The summed E-state index contributed by atoms with van der Waals surface area (Å²) >= 11 is 5.07. The highest BCUT2D eigenvalue weighted by molar-refractivity contribution is 7.71. The van der Waals surface area contributed by atoms with Gasteiger partial charge in [-0.25, -0.2) is 8.96 Å². The summed E-state index contributed by atoms with van der Waals surface area (Å²) in [5, 5.41) is 10.7. The lowest BCUT2D eigenvalue weighted by atomic mass is 9.97. The molecule has 10 nitrogen and oxygen atoms in total. The normalized spacial score (nSPS) is 25.7. The van der Waals surface area contributed by atoms with Crippen molar-refractivity contribution in [3.8, 4) is 18.1 Å². The molecular formula is C24H28FN2O8PS. The number of aliphatic hydroxyl groups is 1. The van der Waals surface area contributed by atoms with Gasteiger partial charge in [0.05, 0.1) is 24.8 Å². The maximum Gasteiger partial charge on any atom is 0.380 e. The number of alkyl halides is 1. The second-order valence-corrected chi connectivity index (χ2v) is 11.2. The lowest BCUT2D eigenvalue weighted by Crippen LogP contribution is -2.42. The number of hydrogen-bond donors (Lipinski definition) is 2. The molecule has 0 aliphatic carbocycles. The number of carbonyl (C=O) groups excluding carboxylic acids is 1. The summed E-state index contributed by atoms with van der Waals surface area (Å²) in [7, 11) is -4.07. The molecule has 2 N–H and O–H groups in total. The van der Waals surface area contributed by atoms with Gasteiger partial charge in [0.15, 0.2) is 11.0 Å². The number of H-pyrrole nitrogens is 1. The highest BCUT2D eigenvalue weighted by Gasteiger charge is 2.58. The third-order valence-corrected chi connectivity index (χ3v) is 7.78. The van der Waals surface area contributed by atoms with Crippen molar-refractivity contribution in [1.82, 2.24) is 9.55 Å². The van der Waals surface area contributed by atoms with E-state index in [0.29, 0.717) is 0 Å². The molecule has 1 aromatic carbocycles. The Morgan fingerprint density at radius 3 is 2.62 bits per heavy atom. The van der Waals surface area contributed by atoms with Crippen LogP contribution in [0.1, 0.15) is 27.0 Å². The lowest BCUT2D eigenvalue weighted by Gasteiger charge is -2.25. The summed E-state index contributed by atoms with van der Waals surface area (Å²) in [6, 6.07) is 9.23. The van der Waals surface area contributed by atoms with Crippen molar-refractivity contribution in [2.75, 3.05) is 12.8 Å². The Morgan fingerprint density at radius 1 is 1.35 bits per heavy atom. The quantitative estimate of drug-likeness (QED) is 0.197. The molecule has 2 heterocycles. The largest absolute Gasteiger partial charge is 0.463 e. The van der Waals surface area contributed by atoms with Crippen molar-refractivity contribution in [1.29, 1.82) is 0 Å². The van der Waals surface area contributed by atoms with Crippen molar-refractivity contribution in [2.24, 2.45) is 5.92 Å². The fraction of sp³-hybridized carbons (Fsp3) is 0.458. The number of aliphatic hydroxyl groups excluding tert-OH is 1. The molecule has 0 spiro atoms. The van der Waals surface area contributed by atoms with E-state index >= 15 is 4.39 Å². The minimum absolute atomic E-state index is 0.181. The van der Waals surface area contributed by atoms with Crippen LogP contribution in [0.25, 0.3) is 0 Å². The fourth-order valence-electron chi connectivity index (χ4n) is 3.63. The summed E-state index contributed by atoms with van der Waals surface area (Å²) < 4.78 is 52.4. The second-order valence-electron chi connectivity index (χ2n) is 8.78. The molecule has 0 radical (unpaired) electrons. The van der Waals surface area contributed by atoms with Gasteiger partial charge in [0.1, 0.15) is 18.0 Å². The Hall–Kier alpha value is -2.81. The zero-order chi connectivity index (χ0) is 27.4. The average Bonchev–Trinajstić information content (AvgIpc) is 3.08. The van der Waals surface area contributed by atoms with Crippen molar-refractivity contribution in [2.45, 2.75) is 51.0 Å². The number of esters is 1. The Morgan fingerprint density at radius 2 is 2.03 bits per heavy atom. The van der Waals surface area contributed by atoms with Crippen LogP contribution in [0.2, 0.25) is 0 Å². The molecule has 6 atom stereocenters. The number of aromatic amines is 1. The van der Waals surface area contributed by atoms with E-state index in [0.717, 1.165) is 10.6 Å². The Labute approximate surface area is 218 Å². The summed E-state index contributed by atoms with van der Waals surface area (Å²) in [5.74, 6) is 0.635. The van der Waals surface area contributed by atoms with Crippen LogP contribution in [0.15, 0.2) is 47.4 Å². The predicted octanol–water partition coefficient (Wildman–Crippen LogP) is 3.38. The molecule has 2 aromatic rings. The van der Waals surface area contributed by atoms with E-state index in [9.17, 15) is 19.3 Å². The van der Waals surface area contributed by atoms with E-state index in [-0.39, 0.29) is 22.8 Å². The third-order valence-electron chi connectivity index (χ3n) is 5.45. The molecule has 0 saturated carbocycles. The molecule has 1 aliphatic rings. The van der Waals surface area contributed by atoms with Crippen LogP contribution in [-0.2, 0) is 23.4 Å². The molecule has 1 aliphatic heterocycles. The lowest BCUT2D eigenvalue weighted by molar-refractivity contribution is -0.151. The molecule has 1 fully saturated rings. The number of aromatic nitrogens is 2. The van der Waals surface area contributed by atoms with Gasteiger partial charge in [-0.05, 0) is 38.2 Å². The van der Waals surface area contributed by atoms with Crippen molar-refractivity contribution in [3.05, 3.63) is 57.7 Å². The summed E-state index contributed by atoms with van der Waals surface area (Å²) in [4.78, 5) is 26.2. The molecule has 1 aromatic heterocycles.